The van der Waals surface area contributed by atoms with Gasteiger partial charge in [-0.25, -0.2) is 0 Å². The molecular weight excluding hydrogens is 292 g/mol. The van der Waals surface area contributed by atoms with Gasteiger partial charge in [0.05, 0.1) is 9.79 Å². The summed E-state index contributed by atoms with van der Waals surface area (Å²) in [6, 6.07) is 26.6. The third-order valence-corrected chi connectivity index (χ3v) is 7.36. The standard InChI is InChI=1S/C19H15S2/c1-14-10-12-15(13-11-14)21-18-8-4-2-6-16(18)20-17-7-3-5-9-19(17)21/h2-13H,1H3/q+1. The molecule has 3 aromatic rings. The summed E-state index contributed by atoms with van der Waals surface area (Å²) in [6.45, 7) is 2.14. The number of hydrogen-bond donors (Lipinski definition) is 0. The monoisotopic (exact) mass is 307 g/mol. The van der Waals surface area contributed by atoms with Crippen LogP contribution in [0.3, 0.4) is 0 Å². The molecule has 2 heteroatoms. The Hall–Kier alpha value is -1.64. The molecule has 0 saturated heterocycles. The van der Waals surface area contributed by atoms with Gasteiger partial charge in [0, 0.05) is 0 Å². The molecule has 1 heterocycles. The molecule has 0 saturated carbocycles. The van der Waals surface area contributed by atoms with Crippen LogP contribution in [0.15, 0.2) is 97.3 Å². The van der Waals surface area contributed by atoms with E-state index in [0.29, 0.717) is 0 Å². The average molecular weight is 307 g/mol. The minimum atomic E-state index is 0.0130. The Morgan fingerprint density at radius 1 is 0.667 bits per heavy atom. The quantitative estimate of drug-likeness (QED) is 0.415. The van der Waals surface area contributed by atoms with Crippen LogP contribution in [0.5, 0.6) is 0 Å². The molecule has 21 heavy (non-hydrogen) atoms. The average Bonchev–Trinajstić information content (AvgIpc) is 2.53. The van der Waals surface area contributed by atoms with E-state index in [4.69, 9.17) is 0 Å². The maximum atomic E-state index is 2.28. The van der Waals surface area contributed by atoms with Gasteiger partial charge in [-0.1, -0.05) is 53.7 Å². The predicted molar refractivity (Wildman–Crippen MR) is 90.3 cm³/mol. The van der Waals surface area contributed by atoms with E-state index in [-0.39, 0.29) is 10.9 Å². The van der Waals surface area contributed by atoms with Crippen molar-refractivity contribution in [1.82, 2.24) is 0 Å². The van der Waals surface area contributed by atoms with Crippen LogP contribution in [0.4, 0.5) is 0 Å². The molecule has 0 aliphatic carbocycles. The molecule has 1 aliphatic heterocycles. The summed E-state index contributed by atoms with van der Waals surface area (Å²) < 4.78 is 0. The summed E-state index contributed by atoms with van der Waals surface area (Å²) in [7, 11) is 0.0130. The van der Waals surface area contributed by atoms with Gasteiger partial charge in [0.15, 0.2) is 14.7 Å². The van der Waals surface area contributed by atoms with E-state index in [0.717, 1.165) is 0 Å². The first-order valence-electron chi connectivity index (χ1n) is 7.00. The Bertz CT molecular complexity index is 745. The minimum absolute atomic E-state index is 0.0130. The molecule has 0 atom stereocenters. The van der Waals surface area contributed by atoms with Gasteiger partial charge in [-0.15, -0.1) is 0 Å². The third kappa shape index (κ3) is 2.29. The van der Waals surface area contributed by atoms with E-state index in [1.807, 2.05) is 11.8 Å². The fourth-order valence-corrected chi connectivity index (χ4v) is 6.31. The normalized spacial score (nSPS) is 13.6. The summed E-state index contributed by atoms with van der Waals surface area (Å²) in [4.78, 5) is 7.08. The van der Waals surface area contributed by atoms with Crippen molar-refractivity contribution in [3.05, 3.63) is 78.4 Å². The number of rotatable bonds is 1. The number of hydrogen-bond acceptors (Lipinski definition) is 1. The van der Waals surface area contributed by atoms with Crippen molar-refractivity contribution < 1.29 is 0 Å². The summed E-state index contributed by atoms with van der Waals surface area (Å²) in [5.74, 6) is 0. The summed E-state index contributed by atoms with van der Waals surface area (Å²) in [6.07, 6.45) is 0. The van der Waals surface area contributed by atoms with Gasteiger partial charge in [0.2, 0.25) is 0 Å². The third-order valence-electron chi connectivity index (χ3n) is 3.61. The molecule has 0 spiro atoms. The molecule has 0 bridgehead atoms. The first kappa shape index (κ1) is 13.1. The molecule has 1 aliphatic rings. The van der Waals surface area contributed by atoms with Gasteiger partial charge in [-0.05, 0) is 43.3 Å². The lowest BCUT2D eigenvalue weighted by molar-refractivity contribution is 1.12. The Morgan fingerprint density at radius 2 is 1.19 bits per heavy atom. The highest BCUT2D eigenvalue weighted by atomic mass is 32.2. The molecule has 0 fully saturated rings. The fraction of sp³-hybridized carbons (Fsp3) is 0.0526. The second-order valence-corrected chi connectivity index (χ2v) is 8.16. The van der Waals surface area contributed by atoms with Crippen molar-refractivity contribution in [2.24, 2.45) is 0 Å². The summed E-state index contributed by atoms with van der Waals surface area (Å²) in [5.41, 5.74) is 1.32. The Labute approximate surface area is 132 Å². The second-order valence-electron chi connectivity index (χ2n) is 5.11. The summed E-state index contributed by atoms with van der Waals surface area (Å²) >= 11 is 1.89. The van der Waals surface area contributed by atoms with E-state index >= 15 is 0 Å². The van der Waals surface area contributed by atoms with Crippen LogP contribution in [0, 0.1) is 6.92 Å². The van der Waals surface area contributed by atoms with Crippen molar-refractivity contribution >= 4 is 22.7 Å². The van der Waals surface area contributed by atoms with E-state index < -0.39 is 0 Å². The van der Waals surface area contributed by atoms with Crippen LogP contribution in [0.1, 0.15) is 5.56 Å². The lowest BCUT2D eigenvalue weighted by Crippen LogP contribution is -2.10. The molecule has 0 unspecified atom stereocenters. The first-order valence-corrected chi connectivity index (χ1v) is 9.04. The van der Waals surface area contributed by atoms with Gasteiger partial charge in [0.1, 0.15) is 10.9 Å². The van der Waals surface area contributed by atoms with Crippen molar-refractivity contribution in [2.75, 3.05) is 0 Å². The zero-order valence-electron chi connectivity index (χ0n) is 11.7. The van der Waals surface area contributed by atoms with Gasteiger partial charge in [-0.3, -0.25) is 0 Å². The van der Waals surface area contributed by atoms with Gasteiger partial charge < -0.3 is 0 Å². The van der Waals surface area contributed by atoms with Crippen molar-refractivity contribution in [1.29, 1.82) is 0 Å². The fourth-order valence-electron chi connectivity index (χ4n) is 2.57. The van der Waals surface area contributed by atoms with E-state index in [9.17, 15) is 0 Å². The molecule has 0 N–H and O–H groups in total. The van der Waals surface area contributed by atoms with Crippen LogP contribution >= 0.6 is 11.8 Å². The highest BCUT2D eigenvalue weighted by molar-refractivity contribution is 8.04. The number of fused-ring (bicyclic) bond motifs is 2. The van der Waals surface area contributed by atoms with Crippen LogP contribution in [-0.4, -0.2) is 0 Å². The smallest absolute Gasteiger partial charge is 0.0795 e. The Balaban J connectivity index is 1.95. The van der Waals surface area contributed by atoms with Crippen molar-refractivity contribution in [3.8, 4) is 0 Å². The molecule has 0 radical (unpaired) electrons. The molecule has 0 amide bonds. The van der Waals surface area contributed by atoms with Gasteiger partial charge >= 0.3 is 0 Å². The Kier molecular flexibility index (Phi) is 3.28. The minimum Gasteiger partial charge on any atom is -0.0795 e. The first-order chi connectivity index (χ1) is 10.3. The van der Waals surface area contributed by atoms with Crippen LogP contribution in [-0.2, 0) is 10.9 Å². The molecule has 102 valence electrons. The number of aryl methyl sites for hydroxylation is 1. The number of benzene rings is 3. The van der Waals surface area contributed by atoms with Gasteiger partial charge in [0.25, 0.3) is 0 Å². The molecule has 4 rings (SSSR count). The summed E-state index contributed by atoms with van der Waals surface area (Å²) in [5, 5.41) is 0. The Morgan fingerprint density at radius 3 is 1.76 bits per heavy atom. The maximum Gasteiger partial charge on any atom is 0.180 e. The molecule has 3 aromatic carbocycles. The zero-order valence-corrected chi connectivity index (χ0v) is 13.4. The highest BCUT2D eigenvalue weighted by Crippen LogP contribution is 2.47. The van der Waals surface area contributed by atoms with Gasteiger partial charge in [-0.2, -0.15) is 0 Å². The van der Waals surface area contributed by atoms with E-state index in [1.165, 1.54) is 30.0 Å². The van der Waals surface area contributed by atoms with Crippen LogP contribution in [0.2, 0.25) is 0 Å². The predicted octanol–water partition coefficient (Wildman–Crippen LogP) is 5.56. The molecule has 0 aromatic heterocycles. The maximum absolute atomic E-state index is 2.28. The van der Waals surface area contributed by atoms with E-state index in [2.05, 4.69) is 79.7 Å². The zero-order chi connectivity index (χ0) is 14.2. The highest BCUT2D eigenvalue weighted by Gasteiger charge is 2.37. The van der Waals surface area contributed by atoms with Crippen molar-refractivity contribution in [3.63, 3.8) is 0 Å². The second kappa shape index (κ2) is 5.28. The van der Waals surface area contributed by atoms with Crippen molar-refractivity contribution in [2.45, 2.75) is 31.4 Å². The van der Waals surface area contributed by atoms with E-state index in [1.54, 1.807) is 0 Å². The van der Waals surface area contributed by atoms with Crippen LogP contribution < -0.4 is 0 Å². The largest absolute Gasteiger partial charge is 0.180 e. The SMILES string of the molecule is Cc1ccc([S+]2c3ccccc3Sc3ccccc32)cc1. The topological polar surface area (TPSA) is 0 Å². The molecule has 0 nitrogen and oxygen atoms in total. The lowest BCUT2D eigenvalue weighted by atomic mass is 10.2. The lowest BCUT2D eigenvalue weighted by Gasteiger charge is -2.18. The molecular formula is C19H15S2+. The van der Waals surface area contributed by atoms with Crippen LogP contribution in [0.25, 0.3) is 0 Å².